The Morgan fingerprint density at radius 1 is 0.800 bits per heavy atom. The molecule has 0 amide bonds. The van der Waals surface area contributed by atoms with Crippen molar-refractivity contribution in [1.29, 1.82) is 0 Å². The van der Waals surface area contributed by atoms with Gasteiger partial charge in [-0.15, -0.1) is 0 Å². The average molecular weight is 492 g/mol. The van der Waals surface area contributed by atoms with E-state index in [4.69, 9.17) is 16.6 Å². The Hall–Kier alpha value is -3.93. The second-order valence-electron chi connectivity index (χ2n) is 8.09. The topological polar surface area (TPSA) is 58.6 Å². The number of pyridine rings is 3. The molecule has 0 atom stereocenters. The molecule has 0 saturated heterocycles. The summed E-state index contributed by atoms with van der Waals surface area (Å²) in [5.41, 5.74) is 4.72. The highest BCUT2D eigenvalue weighted by atomic mass is 35.5. The van der Waals surface area contributed by atoms with Gasteiger partial charge in [-0.3, -0.25) is 9.78 Å². The molecule has 0 bridgehead atoms. The van der Waals surface area contributed by atoms with Gasteiger partial charge in [0.15, 0.2) is 0 Å². The maximum absolute atomic E-state index is 12.6. The van der Waals surface area contributed by atoms with Gasteiger partial charge in [0.05, 0.1) is 16.2 Å². The third kappa shape index (κ3) is 4.20. The molecule has 168 valence electrons. The van der Waals surface area contributed by atoms with Crippen molar-refractivity contribution in [2.24, 2.45) is 0 Å². The van der Waals surface area contributed by atoms with E-state index >= 15 is 0 Å². The fraction of sp³-hybridized carbons (Fsp3) is 0. The highest BCUT2D eigenvalue weighted by molar-refractivity contribution is 7.99. The summed E-state index contributed by atoms with van der Waals surface area (Å²) in [7, 11) is 0. The summed E-state index contributed by atoms with van der Waals surface area (Å²) in [6.45, 7) is 0. The molecule has 0 aliphatic heterocycles. The van der Waals surface area contributed by atoms with Gasteiger partial charge >= 0.3 is 0 Å². The first kappa shape index (κ1) is 21.6. The zero-order valence-electron chi connectivity index (χ0n) is 18.4. The van der Waals surface area contributed by atoms with Crippen LogP contribution in [-0.4, -0.2) is 15.0 Å². The van der Waals surface area contributed by atoms with Crippen molar-refractivity contribution < 1.29 is 0 Å². The molecule has 6 aromatic rings. The minimum absolute atomic E-state index is 0.185. The quantitative estimate of drug-likeness (QED) is 0.275. The van der Waals surface area contributed by atoms with Crippen LogP contribution in [0.5, 0.6) is 0 Å². The summed E-state index contributed by atoms with van der Waals surface area (Å²) >= 11 is 8.20. The molecule has 3 aromatic heterocycles. The van der Waals surface area contributed by atoms with E-state index < -0.39 is 0 Å². The van der Waals surface area contributed by atoms with E-state index in [-0.39, 0.29) is 5.56 Å². The molecule has 3 aromatic carbocycles. The van der Waals surface area contributed by atoms with E-state index in [1.807, 2.05) is 78.9 Å². The molecule has 0 radical (unpaired) electrons. The number of nitrogens with one attached hydrogen (secondary N) is 1. The first-order valence-corrected chi connectivity index (χ1v) is 12.3. The number of fused-ring (bicyclic) bond motifs is 2. The Bertz CT molecular complexity index is 1750. The van der Waals surface area contributed by atoms with Crippen LogP contribution >= 0.6 is 23.4 Å². The predicted octanol–water partition coefficient (Wildman–Crippen LogP) is 7.61. The number of H-pyrrole nitrogens is 1. The highest BCUT2D eigenvalue weighted by Crippen LogP contribution is 2.39. The second-order valence-corrected chi connectivity index (χ2v) is 9.62. The number of rotatable bonds is 4. The molecule has 6 rings (SSSR count). The Kier molecular flexibility index (Phi) is 5.57. The maximum atomic E-state index is 12.6. The van der Waals surface area contributed by atoms with Crippen molar-refractivity contribution in [1.82, 2.24) is 15.0 Å². The minimum atomic E-state index is -0.185. The molecule has 3 heterocycles. The van der Waals surface area contributed by atoms with Gasteiger partial charge < -0.3 is 4.98 Å². The molecule has 1 N–H and O–H groups in total. The van der Waals surface area contributed by atoms with Crippen LogP contribution in [0.1, 0.15) is 0 Å². The van der Waals surface area contributed by atoms with Gasteiger partial charge in [0.25, 0.3) is 5.56 Å². The minimum Gasteiger partial charge on any atom is -0.306 e. The van der Waals surface area contributed by atoms with Gasteiger partial charge in [-0.2, -0.15) is 0 Å². The third-order valence-corrected chi connectivity index (χ3v) is 7.13. The lowest BCUT2D eigenvalue weighted by Gasteiger charge is -2.14. The summed E-state index contributed by atoms with van der Waals surface area (Å²) in [4.78, 5) is 26.8. The van der Waals surface area contributed by atoms with Crippen LogP contribution in [0.4, 0.5) is 0 Å². The monoisotopic (exact) mass is 491 g/mol. The van der Waals surface area contributed by atoms with Gasteiger partial charge in [0, 0.05) is 44.0 Å². The van der Waals surface area contributed by atoms with Crippen LogP contribution in [0.25, 0.3) is 44.3 Å². The van der Waals surface area contributed by atoms with Crippen molar-refractivity contribution in [2.75, 3.05) is 0 Å². The van der Waals surface area contributed by atoms with Crippen LogP contribution in [-0.2, 0) is 0 Å². The van der Waals surface area contributed by atoms with E-state index in [2.05, 4.69) is 22.1 Å². The van der Waals surface area contributed by atoms with E-state index in [0.29, 0.717) is 10.7 Å². The van der Waals surface area contributed by atoms with Gasteiger partial charge in [0.1, 0.15) is 5.65 Å². The number of halogens is 1. The first-order valence-electron chi connectivity index (χ1n) is 11.1. The fourth-order valence-corrected chi connectivity index (χ4v) is 5.44. The zero-order valence-corrected chi connectivity index (χ0v) is 20.0. The molecule has 4 nitrogen and oxygen atoms in total. The van der Waals surface area contributed by atoms with Gasteiger partial charge in [0.2, 0.25) is 0 Å². The lowest BCUT2D eigenvalue weighted by molar-refractivity contribution is 1.20. The lowest BCUT2D eigenvalue weighted by atomic mass is 9.97. The largest absolute Gasteiger partial charge is 0.306 e. The number of hydrogen-bond acceptors (Lipinski definition) is 4. The van der Waals surface area contributed by atoms with Gasteiger partial charge in [-0.1, -0.05) is 78.0 Å². The van der Waals surface area contributed by atoms with Crippen molar-refractivity contribution in [3.05, 3.63) is 119 Å². The van der Waals surface area contributed by atoms with E-state index in [1.54, 1.807) is 24.0 Å². The number of aromatic nitrogens is 3. The van der Waals surface area contributed by atoms with Crippen LogP contribution in [0, 0.1) is 0 Å². The van der Waals surface area contributed by atoms with E-state index in [9.17, 15) is 4.79 Å². The molecular formula is C29H18ClN3OS. The molecule has 0 fully saturated rings. The molecule has 0 aliphatic carbocycles. The van der Waals surface area contributed by atoms with Crippen molar-refractivity contribution >= 4 is 45.3 Å². The number of nitrogens with zero attached hydrogens (tertiary/aromatic N) is 2. The summed E-state index contributed by atoms with van der Waals surface area (Å²) in [6.07, 6.45) is 1.74. The summed E-state index contributed by atoms with van der Waals surface area (Å²) in [5, 5.41) is 2.41. The average Bonchev–Trinajstić information content (AvgIpc) is 2.89. The number of aromatic amines is 1. The number of hydrogen-bond donors (Lipinski definition) is 1. The molecule has 0 aliphatic rings. The molecular weight excluding hydrogens is 474 g/mol. The standard InChI is InChI=1S/C29H18ClN3OS/c30-24-15-20(14-19-10-7-13-31-28(19)24)22-16-23-25(35-21-11-5-2-6-12-21)17-26(34)32-29(23)33-27(22)18-8-3-1-4-9-18/h1-17H,(H,32,33,34). The maximum Gasteiger partial charge on any atom is 0.250 e. The van der Waals surface area contributed by atoms with Crippen LogP contribution in [0.3, 0.4) is 0 Å². The molecule has 0 unspecified atom stereocenters. The normalized spacial score (nSPS) is 11.2. The SMILES string of the molecule is O=c1cc(Sc2ccccc2)c2cc(-c3cc(Cl)c4ncccc4c3)c(-c3ccccc3)nc2[nH]1. The summed E-state index contributed by atoms with van der Waals surface area (Å²) < 4.78 is 0. The smallest absolute Gasteiger partial charge is 0.250 e. The van der Waals surface area contributed by atoms with Crippen molar-refractivity contribution in [3.8, 4) is 22.4 Å². The van der Waals surface area contributed by atoms with Gasteiger partial charge in [-0.25, -0.2) is 4.98 Å². The number of benzene rings is 3. The highest BCUT2D eigenvalue weighted by Gasteiger charge is 2.16. The zero-order chi connectivity index (χ0) is 23.8. The fourth-order valence-electron chi connectivity index (χ4n) is 4.19. The van der Waals surface area contributed by atoms with Crippen molar-refractivity contribution in [3.63, 3.8) is 0 Å². The van der Waals surface area contributed by atoms with Crippen LogP contribution in [0.15, 0.2) is 118 Å². The van der Waals surface area contributed by atoms with Crippen molar-refractivity contribution in [2.45, 2.75) is 9.79 Å². The van der Waals surface area contributed by atoms with Gasteiger partial charge in [-0.05, 0) is 42.0 Å². The van der Waals surface area contributed by atoms with E-state index in [1.165, 1.54) is 0 Å². The Morgan fingerprint density at radius 3 is 2.37 bits per heavy atom. The Labute approximate surface area is 210 Å². The molecule has 6 heteroatoms. The first-order chi connectivity index (χ1) is 17.2. The second kappa shape index (κ2) is 9.02. The molecule has 0 saturated carbocycles. The van der Waals surface area contributed by atoms with Crippen LogP contribution in [0.2, 0.25) is 5.02 Å². The molecule has 35 heavy (non-hydrogen) atoms. The lowest BCUT2D eigenvalue weighted by Crippen LogP contribution is -2.06. The summed E-state index contributed by atoms with van der Waals surface area (Å²) in [5.74, 6) is 0. The third-order valence-electron chi connectivity index (χ3n) is 5.78. The Morgan fingerprint density at radius 2 is 1.57 bits per heavy atom. The van der Waals surface area contributed by atoms with E-state index in [0.717, 1.165) is 48.5 Å². The summed E-state index contributed by atoms with van der Waals surface area (Å²) in [6, 6.07) is 31.6. The Balaban J connectivity index is 1.64. The predicted molar refractivity (Wildman–Crippen MR) is 144 cm³/mol. The van der Waals surface area contributed by atoms with Crippen LogP contribution < -0.4 is 5.56 Å². The molecule has 0 spiro atoms.